The molecule has 0 heterocycles. The molecule has 0 fully saturated rings. The molecule has 0 saturated carbocycles. The van der Waals surface area contributed by atoms with Gasteiger partial charge in [0.25, 0.3) is 11.8 Å². The second kappa shape index (κ2) is 9.65. The molecule has 0 radical (unpaired) electrons. The maximum atomic E-state index is 13.7. The fraction of sp³-hybridized carbons (Fsp3) is 0.286. The van der Waals surface area contributed by atoms with Crippen LogP contribution in [0.3, 0.4) is 0 Å². The molecule has 6 nitrogen and oxygen atoms in total. The highest BCUT2D eigenvalue weighted by Gasteiger charge is 2.15. The Balaban J connectivity index is 1.77. The van der Waals surface area contributed by atoms with E-state index in [-0.39, 0.29) is 17.6 Å². The number of esters is 1. The van der Waals surface area contributed by atoms with E-state index in [9.17, 15) is 18.8 Å². The summed E-state index contributed by atoms with van der Waals surface area (Å²) in [5, 5.41) is 4.74. The molecule has 29 heavy (non-hydrogen) atoms. The Kier molecular flexibility index (Phi) is 7.50. The molecular weight excluding hydrogens is 443 g/mol. The summed E-state index contributed by atoms with van der Waals surface area (Å²) in [7, 11) is 0. The molecule has 2 amide bonds. The Morgan fingerprint density at radius 2 is 1.72 bits per heavy atom. The van der Waals surface area contributed by atoms with Crippen molar-refractivity contribution in [3.05, 3.63) is 63.9 Å². The number of carbonyl (C=O) groups is 3. The summed E-state index contributed by atoms with van der Waals surface area (Å²) < 4.78 is 19.0. The predicted molar refractivity (Wildman–Crippen MR) is 111 cm³/mol. The zero-order valence-corrected chi connectivity index (χ0v) is 17.9. The van der Waals surface area contributed by atoms with Gasteiger partial charge < -0.3 is 15.4 Å². The van der Waals surface area contributed by atoms with Gasteiger partial charge in [-0.05, 0) is 41.3 Å². The first-order valence-corrected chi connectivity index (χ1v) is 9.65. The monoisotopic (exact) mass is 464 g/mol. The molecule has 0 unspecified atom stereocenters. The Bertz CT molecular complexity index is 908. The van der Waals surface area contributed by atoms with Gasteiger partial charge in [0.15, 0.2) is 6.61 Å². The lowest BCUT2D eigenvalue weighted by molar-refractivity contribution is -0.146. The molecule has 0 aliphatic rings. The average Bonchev–Trinajstić information content (AvgIpc) is 2.66. The van der Waals surface area contributed by atoms with Gasteiger partial charge in [-0.25, -0.2) is 4.39 Å². The predicted octanol–water partition coefficient (Wildman–Crippen LogP) is 3.80. The summed E-state index contributed by atoms with van der Waals surface area (Å²) in [4.78, 5) is 35.6. The highest BCUT2D eigenvalue weighted by molar-refractivity contribution is 9.10. The summed E-state index contributed by atoms with van der Waals surface area (Å²) in [6.45, 7) is 5.22. The Labute approximate surface area is 177 Å². The fourth-order valence-corrected chi connectivity index (χ4v) is 2.68. The smallest absolute Gasteiger partial charge is 0.325 e. The van der Waals surface area contributed by atoms with Gasteiger partial charge in [0.2, 0.25) is 0 Å². The van der Waals surface area contributed by atoms with Crippen molar-refractivity contribution in [2.75, 3.05) is 18.5 Å². The van der Waals surface area contributed by atoms with Crippen molar-refractivity contribution in [1.82, 2.24) is 5.32 Å². The van der Waals surface area contributed by atoms with Crippen molar-refractivity contribution in [2.24, 2.45) is 0 Å². The van der Waals surface area contributed by atoms with Crippen LogP contribution < -0.4 is 10.6 Å². The summed E-state index contributed by atoms with van der Waals surface area (Å²) in [6, 6.07) is 11.2. The van der Waals surface area contributed by atoms with Crippen LogP contribution in [0.5, 0.6) is 0 Å². The first-order chi connectivity index (χ1) is 13.6. The highest BCUT2D eigenvalue weighted by atomic mass is 79.9. The van der Waals surface area contributed by atoms with Crippen LogP contribution in [-0.4, -0.2) is 30.9 Å². The molecule has 154 valence electrons. The van der Waals surface area contributed by atoms with E-state index in [1.54, 1.807) is 18.2 Å². The Morgan fingerprint density at radius 3 is 2.31 bits per heavy atom. The van der Waals surface area contributed by atoms with Gasteiger partial charge in [0, 0.05) is 10.0 Å². The van der Waals surface area contributed by atoms with Gasteiger partial charge in [-0.1, -0.05) is 48.8 Å². The van der Waals surface area contributed by atoms with E-state index in [4.69, 9.17) is 4.74 Å². The molecular formula is C21H22BrFN2O4. The number of rotatable bonds is 6. The van der Waals surface area contributed by atoms with E-state index in [1.165, 1.54) is 12.1 Å². The third kappa shape index (κ3) is 6.98. The molecule has 0 atom stereocenters. The summed E-state index contributed by atoms with van der Waals surface area (Å²) >= 11 is 3.11. The van der Waals surface area contributed by atoms with Crippen LogP contribution in [0.4, 0.5) is 10.1 Å². The summed E-state index contributed by atoms with van der Waals surface area (Å²) in [5.74, 6) is -2.52. The van der Waals surface area contributed by atoms with Crippen molar-refractivity contribution in [3.63, 3.8) is 0 Å². The normalized spacial score (nSPS) is 10.9. The van der Waals surface area contributed by atoms with Crippen LogP contribution in [0.25, 0.3) is 0 Å². The maximum Gasteiger partial charge on any atom is 0.325 e. The van der Waals surface area contributed by atoms with Crippen molar-refractivity contribution in [3.8, 4) is 0 Å². The first-order valence-electron chi connectivity index (χ1n) is 8.85. The Morgan fingerprint density at radius 1 is 1.07 bits per heavy atom. The molecule has 0 aromatic heterocycles. The number of anilines is 1. The van der Waals surface area contributed by atoms with Gasteiger partial charge in [-0.2, -0.15) is 0 Å². The van der Waals surface area contributed by atoms with E-state index < -0.39 is 30.2 Å². The lowest BCUT2D eigenvalue weighted by atomic mass is 9.87. The molecule has 0 aliphatic heterocycles. The van der Waals surface area contributed by atoms with Gasteiger partial charge >= 0.3 is 5.97 Å². The minimum atomic E-state index is -0.781. The summed E-state index contributed by atoms with van der Waals surface area (Å²) in [6.07, 6.45) is 0. The second-order valence-electron chi connectivity index (χ2n) is 7.34. The molecule has 8 heteroatoms. The first kappa shape index (κ1) is 22.5. The number of ether oxygens (including phenoxy) is 1. The van der Waals surface area contributed by atoms with Crippen LogP contribution in [0.1, 0.15) is 36.7 Å². The maximum absolute atomic E-state index is 13.7. The number of carbonyl (C=O) groups excluding carboxylic acids is 3. The van der Waals surface area contributed by atoms with E-state index in [0.717, 1.165) is 5.56 Å². The van der Waals surface area contributed by atoms with Crippen molar-refractivity contribution < 1.29 is 23.5 Å². The number of amides is 2. The van der Waals surface area contributed by atoms with Crippen LogP contribution in [0.2, 0.25) is 0 Å². The van der Waals surface area contributed by atoms with Crippen LogP contribution >= 0.6 is 15.9 Å². The topological polar surface area (TPSA) is 84.5 Å². The quantitative estimate of drug-likeness (QED) is 0.636. The van der Waals surface area contributed by atoms with E-state index in [2.05, 4.69) is 47.3 Å². The number of hydrogen-bond donors (Lipinski definition) is 2. The zero-order chi connectivity index (χ0) is 21.6. The summed E-state index contributed by atoms with van der Waals surface area (Å²) in [5.41, 5.74) is 1.44. The third-order valence-electron chi connectivity index (χ3n) is 3.98. The third-order valence-corrected chi connectivity index (χ3v) is 4.47. The van der Waals surface area contributed by atoms with Gasteiger partial charge in [0.05, 0.1) is 5.69 Å². The molecule has 0 aliphatic carbocycles. The lowest BCUT2D eigenvalue weighted by Crippen LogP contribution is -2.32. The number of hydrogen-bond acceptors (Lipinski definition) is 4. The second-order valence-corrected chi connectivity index (χ2v) is 8.26. The zero-order valence-electron chi connectivity index (χ0n) is 16.3. The molecule has 2 aromatic rings. The van der Waals surface area contributed by atoms with Crippen molar-refractivity contribution in [2.45, 2.75) is 26.2 Å². The van der Waals surface area contributed by atoms with Crippen LogP contribution in [0, 0.1) is 5.82 Å². The lowest BCUT2D eigenvalue weighted by Gasteiger charge is -2.19. The minimum Gasteiger partial charge on any atom is -0.454 e. The van der Waals surface area contributed by atoms with Crippen molar-refractivity contribution >= 4 is 39.4 Å². The molecule has 0 saturated heterocycles. The molecule has 2 rings (SSSR count). The number of benzene rings is 2. The van der Waals surface area contributed by atoms with E-state index in [0.29, 0.717) is 10.0 Å². The molecule has 0 bridgehead atoms. The SMILES string of the molecule is CC(C)(C)c1ccc(C(=O)NCC(=O)OCC(=O)Nc2ccc(Br)cc2F)cc1. The largest absolute Gasteiger partial charge is 0.454 e. The van der Waals surface area contributed by atoms with Crippen LogP contribution in [-0.2, 0) is 19.7 Å². The standard InChI is InChI=1S/C21H22BrFN2O4/c1-21(2,3)14-6-4-13(5-7-14)20(28)24-11-19(27)29-12-18(26)25-17-9-8-15(22)10-16(17)23/h4-10H,11-12H2,1-3H3,(H,24,28)(H,25,26). The average molecular weight is 465 g/mol. The molecule has 2 aromatic carbocycles. The van der Waals surface area contributed by atoms with Gasteiger partial charge in [0.1, 0.15) is 12.4 Å². The number of nitrogens with one attached hydrogen (secondary N) is 2. The fourth-order valence-electron chi connectivity index (χ4n) is 2.35. The Hall–Kier alpha value is -2.74. The van der Waals surface area contributed by atoms with Gasteiger partial charge in [-0.3, -0.25) is 14.4 Å². The van der Waals surface area contributed by atoms with Crippen molar-refractivity contribution in [1.29, 1.82) is 0 Å². The van der Waals surface area contributed by atoms with E-state index in [1.807, 2.05) is 12.1 Å². The number of halogens is 2. The minimum absolute atomic E-state index is 0.0266. The highest BCUT2D eigenvalue weighted by Crippen LogP contribution is 2.22. The molecule has 0 spiro atoms. The van der Waals surface area contributed by atoms with E-state index >= 15 is 0 Å². The van der Waals surface area contributed by atoms with Gasteiger partial charge in [-0.15, -0.1) is 0 Å². The molecule has 2 N–H and O–H groups in total. The van der Waals surface area contributed by atoms with Crippen LogP contribution in [0.15, 0.2) is 46.9 Å².